The third kappa shape index (κ3) is 5.16. The zero-order chi connectivity index (χ0) is 18.2. The topological polar surface area (TPSA) is 94.4 Å². The molecule has 0 heterocycles. The van der Waals surface area contributed by atoms with Crippen LogP contribution in [0.15, 0.2) is 48.5 Å². The van der Waals surface area contributed by atoms with Crippen molar-refractivity contribution in [3.8, 4) is 11.8 Å². The normalized spacial score (nSPS) is 11.5. The van der Waals surface area contributed by atoms with Crippen molar-refractivity contribution in [3.63, 3.8) is 0 Å². The van der Waals surface area contributed by atoms with Crippen molar-refractivity contribution in [1.29, 1.82) is 5.26 Å². The maximum absolute atomic E-state index is 12.5. The summed E-state index contributed by atoms with van der Waals surface area (Å²) < 4.78 is 29.2. The van der Waals surface area contributed by atoms with Gasteiger partial charge in [-0.1, -0.05) is 30.3 Å². The van der Waals surface area contributed by atoms with Crippen molar-refractivity contribution in [1.82, 2.24) is 5.32 Å². The van der Waals surface area contributed by atoms with Crippen molar-refractivity contribution >= 4 is 11.7 Å². The van der Waals surface area contributed by atoms with E-state index in [1.165, 1.54) is 18.2 Å². The molecular formula is C17H15F2N3O3. The summed E-state index contributed by atoms with van der Waals surface area (Å²) in [6, 6.07) is 12.8. The largest absolute Gasteiger partial charge is 0.433 e. The number of benzene rings is 2. The number of amides is 2. The lowest BCUT2D eigenvalue weighted by molar-refractivity contribution is -0.0493. The molecule has 2 rings (SSSR count). The molecule has 0 saturated carbocycles. The van der Waals surface area contributed by atoms with Gasteiger partial charge in [0, 0.05) is 0 Å². The van der Waals surface area contributed by atoms with Gasteiger partial charge in [0.25, 0.3) is 0 Å². The van der Waals surface area contributed by atoms with E-state index in [-0.39, 0.29) is 23.6 Å². The first kappa shape index (κ1) is 18.2. The van der Waals surface area contributed by atoms with Crippen LogP contribution in [0.25, 0.3) is 0 Å². The number of carbonyl (C=O) groups excluding carboxylic acids is 1. The Bertz CT molecular complexity index is 763. The number of nitrogens with one attached hydrogen (secondary N) is 2. The highest BCUT2D eigenvalue weighted by Crippen LogP contribution is 2.27. The summed E-state index contributed by atoms with van der Waals surface area (Å²) in [6.45, 7) is -3.43. The van der Waals surface area contributed by atoms with Gasteiger partial charge >= 0.3 is 12.6 Å². The molecule has 0 spiro atoms. The highest BCUT2D eigenvalue weighted by atomic mass is 19.3. The lowest BCUT2D eigenvalue weighted by Gasteiger charge is -2.18. The Morgan fingerprint density at radius 3 is 2.56 bits per heavy atom. The third-order valence-electron chi connectivity index (χ3n) is 3.26. The Kier molecular flexibility index (Phi) is 6.26. The highest BCUT2D eigenvalue weighted by molar-refractivity contribution is 5.91. The summed E-state index contributed by atoms with van der Waals surface area (Å²) in [6.07, 6.45) is 0. The van der Waals surface area contributed by atoms with Crippen LogP contribution >= 0.6 is 0 Å². The van der Waals surface area contributed by atoms with Crippen molar-refractivity contribution in [2.75, 3.05) is 11.9 Å². The number of carbonyl (C=O) groups is 1. The molecule has 1 atom stereocenters. The van der Waals surface area contributed by atoms with Crippen LogP contribution in [0, 0.1) is 11.3 Å². The fourth-order valence-electron chi connectivity index (χ4n) is 2.13. The SMILES string of the molecule is N#Cc1ccc(OC(F)F)c(NC(=O)N[C@@H](CO)c2ccccc2)c1. The van der Waals surface area contributed by atoms with E-state index in [0.29, 0.717) is 5.56 Å². The summed E-state index contributed by atoms with van der Waals surface area (Å²) in [7, 11) is 0. The van der Waals surface area contributed by atoms with Gasteiger partial charge in [-0.3, -0.25) is 0 Å². The number of anilines is 1. The summed E-state index contributed by atoms with van der Waals surface area (Å²) in [5.74, 6) is -0.274. The van der Waals surface area contributed by atoms with Gasteiger partial charge in [0.1, 0.15) is 5.75 Å². The standard InChI is InChI=1S/C17H15F2N3O3/c18-16(19)25-15-7-6-11(9-20)8-13(15)21-17(24)22-14(10-23)12-4-2-1-3-5-12/h1-8,14,16,23H,10H2,(H2,21,22,24)/t14-/m0/s1. The van der Waals surface area contributed by atoms with Gasteiger partial charge < -0.3 is 20.5 Å². The van der Waals surface area contributed by atoms with E-state index in [1.54, 1.807) is 30.3 Å². The number of nitrogens with zero attached hydrogens (tertiary/aromatic N) is 1. The molecule has 130 valence electrons. The van der Waals surface area contributed by atoms with Crippen LogP contribution in [0.1, 0.15) is 17.2 Å². The van der Waals surface area contributed by atoms with Crippen molar-refractivity contribution in [2.45, 2.75) is 12.7 Å². The zero-order valence-corrected chi connectivity index (χ0v) is 12.9. The molecular weight excluding hydrogens is 332 g/mol. The van der Waals surface area contributed by atoms with Gasteiger partial charge in [-0.2, -0.15) is 14.0 Å². The molecule has 0 aliphatic carbocycles. The molecule has 8 heteroatoms. The van der Waals surface area contributed by atoms with Gasteiger partial charge in [0.2, 0.25) is 0 Å². The fraction of sp³-hybridized carbons (Fsp3) is 0.176. The minimum Gasteiger partial charge on any atom is -0.433 e. The molecule has 2 amide bonds. The van der Waals surface area contributed by atoms with Gasteiger partial charge in [-0.05, 0) is 23.8 Å². The number of rotatable bonds is 6. The molecule has 0 aliphatic heterocycles. The van der Waals surface area contributed by atoms with E-state index >= 15 is 0 Å². The molecule has 0 fully saturated rings. The lowest BCUT2D eigenvalue weighted by atomic mass is 10.1. The van der Waals surface area contributed by atoms with Crippen LogP contribution in [-0.4, -0.2) is 24.4 Å². The highest BCUT2D eigenvalue weighted by Gasteiger charge is 2.16. The smallest absolute Gasteiger partial charge is 0.387 e. The van der Waals surface area contributed by atoms with E-state index in [9.17, 15) is 18.7 Å². The quantitative estimate of drug-likeness (QED) is 0.749. The number of alkyl halides is 2. The first-order chi connectivity index (χ1) is 12.0. The molecule has 25 heavy (non-hydrogen) atoms. The number of hydrogen-bond donors (Lipinski definition) is 3. The second kappa shape index (κ2) is 8.61. The predicted octanol–water partition coefficient (Wildman–Crippen LogP) is 3.01. The molecule has 0 aliphatic rings. The Hall–Kier alpha value is -3.18. The van der Waals surface area contributed by atoms with E-state index in [0.717, 1.165) is 0 Å². The maximum Gasteiger partial charge on any atom is 0.387 e. The van der Waals surface area contributed by atoms with Crippen LogP contribution in [0.4, 0.5) is 19.3 Å². The predicted molar refractivity (Wildman–Crippen MR) is 86.2 cm³/mol. The minimum atomic E-state index is -3.08. The van der Waals surface area contributed by atoms with Gasteiger partial charge in [-0.15, -0.1) is 0 Å². The van der Waals surface area contributed by atoms with Crippen LogP contribution < -0.4 is 15.4 Å². The van der Waals surface area contributed by atoms with Gasteiger partial charge in [0.15, 0.2) is 0 Å². The van der Waals surface area contributed by atoms with Crippen molar-refractivity contribution < 1.29 is 23.4 Å². The van der Waals surface area contributed by atoms with Crippen LogP contribution in [0.2, 0.25) is 0 Å². The summed E-state index contributed by atoms with van der Waals surface area (Å²) in [5, 5.41) is 23.2. The molecule has 0 saturated heterocycles. The number of ether oxygens (including phenoxy) is 1. The molecule has 0 aromatic heterocycles. The number of nitriles is 1. The summed E-state index contributed by atoms with van der Waals surface area (Å²) >= 11 is 0. The molecule has 3 N–H and O–H groups in total. The number of hydrogen-bond acceptors (Lipinski definition) is 4. The van der Waals surface area contributed by atoms with E-state index in [1.807, 2.05) is 6.07 Å². The fourth-order valence-corrected chi connectivity index (χ4v) is 2.13. The summed E-state index contributed by atoms with van der Waals surface area (Å²) in [4.78, 5) is 12.1. The molecule has 0 radical (unpaired) electrons. The Labute approximate surface area is 142 Å². The van der Waals surface area contributed by atoms with Crippen LogP contribution in [-0.2, 0) is 0 Å². The number of aliphatic hydroxyl groups excluding tert-OH is 1. The number of aliphatic hydroxyl groups is 1. The first-order valence-corrected chi connectivity index (χ1v) is 7.25. The van der Waals surface area contributed by atoms with Crippen molar-refractivity contribution in [3.05, 3.63) is 59.7 Å². The van der Waals surface area contributed by atoms with Gasteiger partial charge in [0.05, 0.1) is 30.0 Å². The number of urea groups is 1. The first-order valence-electron chi connectivity index (χ1n) is 7.25. The second-order valence-electron chi connectivity index (χ2n) is 4.95. The monoisotopic (exact) mass is 347 g/mol. The van der Waals surface area contributed by atoms with Crippen LogP contribution in [0.3, 0.4) is 0 Å². The Morgan fingerprint density at radius 1 is 1.24 bits per heavy atom. The maximum atomic E-state index is 12.5. The molecule has 0 unspecified atom stereocenters. The molecule has 0 bridgehead atoms. The van der Waals surface area contributed by atoms with E-state index in [4.69, 9.17) is 5.26 Å². The second-order valence-corrected chi connectivity index (χ2v) is 4.95. The molecule has 6 nitrogen and oxygen atoms in total. The average molecular weight is 347 g/mol. The minimum absolute atomic E-state index is 0.0819. The summed E-state index contributed by atoms with van der Waals surface area (Å²) in [5.41, 5.74) is 0.760. The Morgan fingerprint density at radius 2 is 1.96 bits per heavy atom. The third-order valence-corrected chi connectivity index (χ3v) is 3.26. The van der Waals surface area contributed by atoms with Gasteiger partial charge in [-0.25, -0.2) is 4.79 Å². The van der Waals surface area contributed by atoms with Crippen LogP contribution in [0.5, 0.6) is 5.75 Å². The van der Waals surface area contributed by atoms with E-state index in [2.05, 4.69) is 15.4 Å². The molecule has 2 aromatic carbocycles. The van der Waals surface area contributed by atoms with E-state index < -0.39 is 18.7 Å². The Balaban J connectivity index is 2.15. The number of halogens is 2. The average Bonchev–Trinajstić information content (AvgIpc) is 2.61. The molecule has 2 aromatic rings. The van der Waals surface area contributed by atoms with Crippen molar-refractivity contribution in [2.24, 2.45) is 0 Å². The lowest BCUT2D eigenvalue weighted by Crippen LogP contribution is -2.34. The zero-order valence-electron chi connectivity index (χ0n) is 12.9.